The number of nitrogens with two attached hydrogens (primary N) is 1. The van der Waals surface area contributed by atoms with Crippen molar-refractivity contribution in [3.63, 3.8) is 0 Å². The molecule has 0 radical (unpaired) electrons. The van der Waals surface area contributed by atoms with Gasteiger partial charge in [-0.3, -0.25) is 10.1 Å². The molecule has 0 fully saturated rings. The van der Waals surface area contributed by atoms with Gasteiger partial charge in [0.05, 0.1) is 26.3 Å². The Kier molecular flexibility index (Phi) is 5.50. The van der Waals surface area contributed by atoms with Crippen molar-refractivity contribution in [1.82, 2.24) is 9.97 Å². The van der Waals surface area contributed by atoms with Crippen molar-refractivity contribution in [3.8, 4) is 11.8 Å². The zero-order valence-corrected chi connectivity index (χ0v) is 11.6. The minimum atomic E-state index is -0.606. The number of nitrogens with one attached hydrogen (secondary N) is 1. The number of ether oxygens (including phenoxy) is 2. The highest BCUT2D eigenvalue weighted by Gasteiger charge is 2.20. The molecule has 1 amide bonds. The number of carbonyl (C=O) groups excluding carboxylic acids is 1. The van der Waals surface area contributed by atoms with E-state index in [1.165, 1.54) is 20.3 Å². The van der Waals surface area contributed by atoms with Gasteiger partial charge < -0.3 is 15.2 Å². The van der Waals surface area contributed by atoms with Gasteiger partial charge >= 0.3 is 0 Å². The molecule has 2 atom stereocenters. The Hall–Kier alpha value is -1.89. The lowest BCUT2D eigenvalue weighted by molar-refractivity contribution is -0.118. The molecule has 0 aromatic carbocycles. The average molecular weight is 268 g/mol. The number of rotatable bonds is 6. The SMILES string of the molecule is CCC(C)C(N)C(=O)Nc1nc(OC)cc(OC)n1. The predicted octanol–water partition coefficient (Wildman–Crippen LogP) is 0.806. The van der Waals surface area contributed by atoms with Crippen molar-refractivity contribution in [2.24, 2.45) is 11.7 Å². The standard InChI is InChI=1S/C12H20N4O3/c1-5-7(2)10(13)11(17)16-12-14-8(18-3)6-9(15-12)19-4/h6-7,10H,5,13H2,1-4H3,(H,14,15,16,17). The van der Waals surface area contributed by atoms with Gasteiger partial charge in [0.15, 0.2) is 0 Å². The molecule has 0 aliphatic heterocycles. The second-order valence-electron chi connectivity index (χ2n) is 4.18. The average Bonchev–Trinajstić information content (AvgIpc) is 2.44. The van der Waals surface area contributed by atoms with E-state index in [9.17, 15) is 4.79 Å². The van der Waals surface area contributed by atoms with E-state index in [1.807, 2.05) is 13.8 Å². The van der Waals surface area contributed by atoms with E-state index in [2.05, 4.69) is 15.3 Å². The molecule has 1 aromatic rings. The lowest BCUT2D eigenvalue weighted by Gasteiger charge is -2.17. The molecule has 0 aliphatic rings. The topological polar surface area (TPSA) is 99.4 Å². The summed E-state index contributed by atoms with van der Waals surface area (Å²) in [5.74, 6) is 0.468. The second kappa shape index (κ2) is 6.89. The summed E-state index contributed by atoms with van der Waals surface area (Å²) < 4.78 is 9.99. The number of hydrogen-bond acceptors (Lipinski definition) is 6. The van der Waals surface area contributed by atoms with Gasteiger partial charge in [-0.05, 0) is 5.92 Å². The maximum atomic E-state index is 11.9. The van der Waals surface area contributed by atoms with Crippen molar-refractivity contribution >= 4 is 11.9 Å². The van der Waals surface area contributed by atoms with E-state index < -0.39 is 6.04 Å². The fourth-order valence-corrected chi connectivity index (χ4v) is 1.37. The van der Waals surface area contributed by atoms with Gasteiger partial charge in [-0.25, -0.2) is 0 Å². The van der Waals surface area contributed by atoms with Crippen molar-refractivity contribution in [2.75, 3.05) is 19.5 Å². The smallest absolute Gasteiger partial charge is 0.243 e. The van der Waals surface area contributed by atoms with Crippen LogP contribution in [0.3, 0.4) is 0 Å². The molecule has 3 N–H and O–H groups in total. The van der Waals surface area contributed by atoms with E-state index in [1.54, 1.807) is 0 Å². The predicted molar refractivity (Wildman–Crippen MR) is 71.2 cm³/mol. The summed E-state index contributed by atoms with van der Waals surface area (Å²) in [6, 6.07) is 0.912. The molecule has 0 aliphatic carbocycles. The molecule has 0 saturated carbocycles. The highest BCUT2D eigenvalue weighted by molar-refractivity contribution is 5.93. The first-order valence-electron chi connectivity index (χ1n) is 6.05. The summed E-state index contributed by atoms with van der Waals surface area (Å²) in [5.41, 5.74) is 5.83. The molecule has 0 spiro atoms. The Balaban J connectivity index is 2.84. The van der Waals surface area contributed by atoms with Gasteiger partial charge in [0, 0.05) is 0 Å². The first-order valence-corrected chi connectivity index (χ1v) is 6.05. The highest BCUT2D eigenvalue weighted by Crippen LogP contribution is 2.17. The second-order valence-corrected chi connectivity index (χ2v) is 4.18. The number of carbonyl (C=O) groups is 1. The minimum Gasteiger partial charge on any atom is -0.481 e. The Morgan fingerprint density at radius 2 is 1.89 bits per heavy atom. The molecule has 0 saturated heterocycles. The minimum absolute atomic E-state index is 0.0764. The molecule has 1 rings (SSSR count). The third-order valence-electron chi connectivity index (χ3n) is 2.89. The van der Waals surface area contributed by atoms with Crippen LogP contribution in [0.5, 0.6) is 11.8 Å². The summed E-state index contributed by atoms with van der Waals surface area (Å²) in [5, 5.41) is 2.56. The molecule has 1 heterocycles. The molecule has 2 unspecified atom stereocenters. The fourth-order valence-electron chi connectivity index (χ4n) is 1.37. The van der Waals surface area contributed by atoms with Gasteiger partial charge in [-0.1, -0.05) is 20.3 Å². The third-order valence-corrected chi connectivity index (χ3v) is 2.89. The molecule has 0 bridgehead atoms. The van der Waals surface area contributed by atoms with Crippen molar-refractivity contribution in [3.05, 3.63) is 6.07 Å². The zero-order chi connectivity index (χ0) is 14.4. The molecule has 106 valence electrons. The maximum absolute atomic E-state index is 11.9. The van der Waals surface area contributed by atoms with Crippen molar-refractivity contribution < 1.29 is 14.3 Å². The largest absolute Gasteiger partial charge is 0.481 e. The molecule has 7 heteroatoms. The van der Waals surface area contributed by atoms with Crippen LogP contribution < -0.4 is 20.5 Å². The van der Waals surface area contributed by atoms with E-state index in [4.69, 9.17) is 15.2 Å². The summed E-state index contributed by atoms with van der Waals surface area (Å²) in [4.78, 5) is 19.9. The van der Waals surface area contributed by atoms with Gasteiger partial charge in [0.1, 0.15) is 0 Å². The van der Waals surface area contributed by atoms with Crippen LogP contribution in [0.2, 0.25) is 0 Å². The maximum Gasteiger partial charge on any atom is 0.243 e. The molecule has 19 heavy (non-hydrogen) atoms. The summed E-state index contributed by atoms with van der Waals surface area (Å²) >= 11 is 0. The third kappa shape index (κ3) is 4.06. The van der Waals surface area contributed by atoms with Crippen LogP contribution in [0.1, 0.15) is 20.3 Å². The van der Waals surface area contributed by atoms with Crippen molar-refractivity contribution in [1.29, 1.82) is 0 Å². The quantitative estimate of drug-likeness (QED) is 0.792. The lowest BCUT2D eigenvalue weighted by Crippen LogP contribution is -2.41. The lowest BCUT2D eigenvalue weighted by atomic mass is 10.00. The van der Waals surface area contributed by atoms with Gasteiger partial charge in [-0.15, -0.1) is 0 Å². The van der Waals surface area contributed by atoms with Crippen LogP contribution >= 0.6 is 0 Å². The van der Waals surface area contributed by atoms with Crippen LogP contribution in [-0.4, -0.2) is 36.1 Å². The van der Waals surface area contributed by atoms with Crippen LogP contribution in [0.15, 0.2) is 6.07 Å². The van der Waals surface area contributed by atoms with Gasteiger partial charge in [0.2, 0.25) is 23.6 Å². The zero-order valence-electron chi connectivity index (χ0n) is 11.6. The van der Waals surface area contributed by atoms with Crippen LogP contribution in [0.25, 0.3) is 0 Å². The number of amides is 1. The Morgan fingerprint density at radius 3 is 2.32 bits per heavy atom. The first-order chi connectivity index (χ1) is 9.01. The Bertz CT molecular complexity index is 417. The number of nitrogens with zero attached hydrogens (tertiary/aromatic N) is 2. The Labute approximate surface area is 112 Å². The summed E-state index contributed by atoms with van der Waals surface area (Å²) in [6.45, 7) is 3.89. The van der Waals surface area contributed by atoms with Gasteiger partial charge in [-0.2, -0.15) is 9.97 Å². The van der Waals surface area contributed by atoms with E-state index in [0.29, 0.717) is 11.8 Å². The molecule has 7 nitrogen and oxygen atoms in total. The van der Waals surface area contributed by atoms with E-state index in [0.717, 1.165) is 6.42 Å². The molecular formula is C12H20N4O3. The van der Waals surface area contributed by atoms with E-state index >= 15 is 0 Å². The highest BCUT2D eigenvalue weighted by atomic mass is 16.5. The number of aromatic nitrogens is 2. The molecular weight excluding hydrogens is 248 g/mol. The van der Waals surface area contributed by atoms with E-state index in [-0.39, 0.29) is 17.8 Å². The number of anilines is 1. The number of methoxy groups -OCH3 is 2. The van der Waals surface area contributed by atoms with Crippen LogP contribution in [0, 0.1) is 5.92 Å². The molecule has 1 aromatic heterocycles. The van der Waals surface area contributed by atoms with Crippen molar-refractivity contribution in [2.45, 2.75) is 26.3 Å². The normalized spacial score (nSPS) is 13.5. The van der Waals surface area contributed by atoms with Crippen LogP contribution in [0.4, 0.5) is 5.95 Å². The summed E-state index contributed by atoms with van der Waals surface area (Å²) in [7, 11) is 2.94. The Morgan fingerprint density at radius 1 is 1.37 bits per heavy atom. The summed E-state index contributed by atoms with van der Waals surface area (Å²) in [6.07, 6.45) is 0.816. The van der Waals surface area contributed by atoms with Crippen LogP contribution in [-0.2, 0) is 4.79 Å². The van der Waals surface area contributed by atoms with Gasteiger partial charge in [0.25, 0.3) is 0 Å². The monoisotopic (exact) mass is 268 g/mol. The first kappa shape index (κ1) is 15.2. The number of hydrogen-bond donors (Lipinski definition) is 2. The fraction of sp³-hybridized carbons (Fsp3) is 0.583.